The number of rotatable bonds is 8. The van der Waals surface area contributed by atoms with E-state index < -0.39 is 0 Å². The fraction of sp³-hybridized carbons (Fsp3) is 0.190. The molecule has 0 unspecified atom stereocenters. The maximum Gasteiger partial charge on any atom is 0.244 e. The van der Waals surface area contributed by atoms with Crippen molar-refractivity contribution in [2.75, 3.05) is 0 Å². The van der Waals surface area contributed by atoms with Gasteiger partial charge in [-0.25, -0.2) is 4.39 Å². The van der Waals surface area contributed by atoms with Crippen molar-refractivity contribution in [2.45, 2.75) is 30.9 Å². The first-order chi connectivity index (χ1) is 14.1. The topological polar surface area (TPSA) is 59.8 Å². The highest BCUT2D eigenvalue weighted by Gasteiger charge is 2.12. The smallest absolute Gasteiger partial charge is 0.244 e. The van der Waals surface area contributed by atoms with Gasteiger partial charge in [-0.1, -0.05) is 53.7 Å². The van der Waals surface area contributed by atoms with Crippen LogP contribution in [0.15, 0.2) is 59.8 Å². The van der Waals surface area contributed by atoms with Crippen LogP contribution < -0.4 is 5.32 Å². The Morgan fingerprint density at radius 3 is 2.69 bits per heavy atom. The molecule has 29 heavy (non-hydrogen) atoms. The standard InChI is InChI=1S/C21H20ClFN4OS/c1-2-27-19(13-24-20(28)12-9-16-5-3-4-6-18(16)22)25-26-21(27)29-14-15-7-10-17(23)11-8-15/h3-12H,2,13-14H2,1H3,(H,24,28)/b12-9+. The van der Waals surface area contributed by atoms with Crippen molar-refractivity contribution in [1.82, 2.24) is 20.1 Å². The van der Waals surface area contributed by atoms with Gasteiger partial charge in [-0.05, 0) is 42.3 Å². The quantitative estimate of drug-likeness (QED) is 0.415. The molecule has 0 spiro atoms. The third kappa shape index (κ3) is 5.92. The van der Waals surface area contributed by atoms with E-state index in [1.54, 1.807) is 24.3 Å². The zero-order chi connectivity index (χ0) is 20.6. The average Bonchev–Trinajstić information content (AvgIpc) is 3.13. The number of thioether (sulfide) groups is 1. The zero-order valence-electron chi connectivity index (χ0n) is 15.8. The van der Waals surface area contributed by atoms with E-state index in [-0.39, 0.29) is 18.3 Å². The summed E-state index contributed by atoms with van der Waals surface area (Å²) in [5.41, 5.74) is 1.78. The van der Waals surface area contributed by atoms with E-state index in [2.05, 4.69) is 15.5 Å². The summed E-state index contributed by atoms with van der Waals surface area (Å²) >= 11 is 7.60. The summed E-state index contributed by atoms with van der Waals surface area (Å²) in [5, 5.41) is 12.6. The summed E-state index contributed by atoms with van der Waals surface area (Å²) in [5.74, 6) is 0.840. The Balaban J connectivity index is 1.57. The highest BCUT2D eigenvalue weighted by Crippen LogP contribution is 2.22. The maximum atomic E-state index is 13.0. The Morgan fingerprint density at radius 2 is 1.97 bits per heavy atom. The van der Waals surface area contributed by atoms with E-state index in [0.717, 1.165) is 16.3 Å². The first kappa shape index (κ1) is 21.1. The molecule has 0 aliphatic rings. The number of amides is 1. The molecule has 0 aliphatic carbocycles. The van der Waals surface area contributed by atoms with Gasteiger partial charge in [-0.15, -0.1) is 10.2 Å². The van der Waals surface area contributed by atoms with Gasteiger partial charge in [0.25, 0.3) is 0 Å². The lowest BCUT2D eigenvalue weighted by Gasteiger charge is -2.08. The second-order valence-corrected chi connectivity index (χ2v) is 7.48. The van der Waals surface area contributed by atoms with E-state index in [9.17, 15) is 9.18 Å². The van der Waals surface area contributed by atoms with Crippen LogP contribution in [0.25, 0.3) is 6.08 Å². The fourth-order valence-corrected chi connectivity index (χ4v) is 3.78. The molecule has 1 N–H and O–H groups in total. The van der Waals surface area contributed by atoms with Gasteiger partial charge in [0.2, 0.25) is 5.91 Å². The van der Waals surface area contributed by atoms with Crippen LogP contribution >= 0.6 is 23.4 Å². The van der Waals surface area contributed by atoms with E-state index in [1.807, 2.05) is 29.7 Å². The summed E-state index contributed by atoms with van der Waals surface area (Å²) in [6.45, 7) is 2.94. The molecule has 1 heterocycles. The SMILES string of the molecule is CCn1c(CNC(=O)/C=C/c2ccccc2Cl)nnc1SCc1ccc(F)cc1. The minimum atomic E-state index is -0.253. The summed E-state index contributed by atoms with van der Waals surface area (Å²) < 4.78 is 15.0. The van der Waals surface area contributed by atoms with Crippen LogP contribution in [0.4, 0.5) is 4.39 Å². The number of aromatic nitrogens is 3. The summed E-state index contributed by atoms with van der Waals surface area (Å²) in [6, 6.07) is 13.7. The van der Waals surface area contributed by atoms with Crippen LogP contribution in [0.2, 0.25) is 5.02 Å². The number of benzene rings is 2. The number of nitrogens with one attached hydrogen (secondary N) is 1. The van der Waals surface area contributed by atoms with Crippen molar-refractivity contribution in [2.24, 2.45) is 0 Å². The van der Waals surface area contributed by atoms with Gasteiger partial charge in [0.15, 0.2) is 11.0 Å². The van der Waals surface area contributed by atoms with E-state index in [1.165, 1.54) is 30.0 Å². The van der Waals surface area contributed by atoms with Gasteiger partial charge in [0, 0.05) is 23.4 Å². The van der Waals surface area contributed by atoms with Crippen LogP contribution in [-0.4, -0.2) is 20.7 Å². The minimum absolute atomic E-state index is 0.240. The number of carbonyl (C=O) groups excluding carboxylic acids is 1. The molecule has 0 bridgehead atoms. The zero-order valence-corrected chi connectivity index (χ0v) is 17.4. The largest absolute Gasteiger partial charge is 0.345 e. The highest BCUT2D eigenvalue weighted by atomic mass is 35.5. The molecule has 8 heteroatoms. The molecular formula is C21H20ClFN4OS. The molecule has 1 aromatic heterocycles. The Morgan fingerprint density at radius 1 is 1.21 bits per heavy atom. The van der Waals surface area contributed by atoms with Crippen molar-refractivity contribution < 1.29 is 9.18 Å². The molecule has 0 atom stereocenters. The van der Waals surface area contributed by atoms with Crippen molar-refractivity contribution in [3.05, 3.63) is 82.4 Å². The van der Waals surface area contributed by atoms with Crippen LogP contribution in [-0.2, 0) is 23.6 Å². The third-order valence-corrected chi connectivity index (χ3v) is 5.51. The van der Waals surface area contributed by atoms with Gasteiger partial charge >= 0.3 is 0 Å². The summed E-state index contributed by atoms with van der Waals surface area (Å²) in [7, 11) is 0. The molecule has 2 aromatic carbocycles. The number of nitrogens with zero attached hydrogens (tertiary/aromatic N) is 3. The Bertz CT molecular complexity index is 1000. The van der Waals surface area contributed by atoms with Crippen molar-refractivity contribution in [3.8, 4) is 0 Å². The number of carbonyl (C=O) groups is 1. The molecule has 150 valence electrons. The molecule has 3 aromatic rings. The molecule has 0 aliphatic heterocycles. The predicted octanol–water partition coefficient (Wildman–Crippen LogP) is 4.71. The van der Waals surface area contributed by atoms with Crippen molar-refractivity contribution in [3.63, 3.8) is 0 Å². The first-order valence-corrected chi connectivity index (χ1v) is 10.4. The lowest BCUT2D eigenvalue weighted by molar-refractivity contribution is -0.116. The Kier molecular flexibility index (Phi) is 7.43. The molecule has 0 saturated carbocycles. The predicted molar refractivity (Wildman–Crippen MR) is 114 cm³/mol. The molecule has 1 amide bonds. The Labute approximate surface area is 178 Å². The Hall–Kier alpha value is -2.64. The normalized spacial score (nSPS) is 11.1. The average molecular weight is 431 g/mol. The first-order valence-electron chi connectivity index (χ1n) is 9.06. The van der Waals surface area contributed by atoms with Crippen LogP contribution in [0.3, 0.4) is 0 Å². The minimum Gasteiger partial charge on any atom is -0.345 e. The van der Waals surface area contributed by atoms with Gasteiger partial charge in [0.1, 0.15) is 5.82 Å². The van der Waals surface area contributed by atoms with E-state index in [0.29, 0.717) is 23.1 Å². The van der Waals surface area contributed by atoms with E-state index >= 15 is 0 Å². The summed E-state index contributed by atoms with van der Waals surface area (Å²) in [6.07, 6.45) is 3.12. The van der Waals surface area contributed by atoms with Gasteiger partial charge in [-0.3, -0.25) is 4.79 Å². The van der Waals surface area contributed by atoms with Gasteiger partial charge in [-0.2, -0.15) is 0 Å². The van der Waals surface area contributed by atoms with Gasteiger partial charge < -0.3 is 9.88 Å². The highest BCUT2D eigenvalue weighted by molar-refractivity contribution is 7.98. The fourth-order valence-electron chi connectivity index (χ4n) is 2.60. The second kappa shape index (κ2) is 10.2. The molecule has 0 saturated heterocycles. The molecule has 5 nitrogen and oxygen atoms in total. The molecule has 0 radical (unpaired) electrons. The van der Waals surface area contributed by atoms with E-state index in [4.69, 9.17) is 11.6 Å². The van der Waals surface area contributed by atoms with Gasteiger partial charge in [0.05, 0.1) is 6.54 Å². The van der Waals surface area contributed by atoms with Crippen molar-refractivity contribution in [1.29, 1.82) is 0 Å². The van der Waals surface area contributed by atoms with Crippen LogP contribution in [0.1, 0.15) is 23.9 Å². The number of hydrogen-bond donors (Lipinski definition) is 1. The number of halogens is 2. The molecular weight excluding hydrogens is 411 g/mol. The summed E-state index contributed by atoms with van der Waals surface area (Å²) in [4.78, 5) is 12.1. The lowest BCUT2D eigenvalue weighted by atomic mass is 10.2. The third-order valence-electron chi connectivity index (χ3n) is 4.13. The maximum absolute atomic E-state index is 13.0. The molecule has 3 rings (SSSR count). The van der Waals surface area contributed by atoms with Crippen molar-refractivity contribution >= 4 is 35.3 Å². The second-order valence-electron chi connectivity index (χ2n) is 6.13. The lowest BCUT2D eigenvalue weighted by Crippen LogP contribution is -2.22. The molecule has 0 fully saturated rings. The van der Waals surface area contributed by atoms with Crippen LogP contribution in [0, 0.1) is 5.82 Å². The van der Waals surface area contributed by atoms with Crippen LogP contribution in [0.5, 0.6) is 0 Å². The monoisotopic (exact) mass is 430 g/mol. The number of hydrogen-bond acceptors (Lipinski definition) is 4.